The minimum atomic E-state index is -1.21. The van der Waals surface area contributed by atoms with Crippen molar-refractivity contribution in [2.45, 2.75) is 90.0 Å². The normalized spacial score (nSPS) is 35.8. The van der Waals surface area contributed by atoms with Gasteiger partial charge in [0.15, 0.2) is 0 Å². The summed E-state index contributed by atoms with van der Waals surface area (Å²) in [5.41, 5.74) is -2.23. The number of carboxylic acid groups (broad SMARTS) is 1. The Hall–Kier alpha value is -1.93. The van der Waals surface area contributed by atoms with Gasteiger partial charge < -0.3 is 24.7 Å². The lowest BCUT2D eigenvalue weighted by Gasteiger charge is -2.41. The van der Waals surface area contributed by atoms with Crippen LogP contribution < -0.4 is 0 Å². The zero-order valence-electron chi connectivity index (χ0n) is 21.3. The second-order valence-corrected chi connectivity index (χ2v) is 10.7. The van der Waals surface area contributed by atoms with Crippen LogP contribution >= 0.6 is 0 Å². The molecule has 8 atom stereocenters. The quantitative estimate of drug-likeness (QED) is 0.330. The number of unbranched alkanes of at least 4 members (excludes halogenated alkanes) is 2. The number of aliphatic hydroxyl groups is 1. The number of carbonyl (C=O) groups excluding carboxylic acids is 2. The van der Waals surface area contributed by atoms with Crippen LogP contribution in [0, 0.1) is 23.7 Å². The molecular weight excluding hydrogens is 436 g/mol. The van der Waals surface area contributed by atoms with Crippen molar-refractivity contribution >= 4 is 17.8 Å². The molecule has 3 aliphatic heterocycles. The highest BCUT2D eigenvalue weighted by molar-refractivity contribution is 5.98. The van der Waals surface area contributed by atoms with E-state index in [2.05, 4.69) is 13.5 Å². The number of carboxylic acids is 1. The molecular formula is C26H42N2O6. The van der Waals surface area contributed by atoms with Gasteiger partial charge in [-0.25, -0.2) is 0 Å². The van der Waals surface area contributed by atoms with Crippen molar-refractivity contribution in [3.05, 3.63) is 12.7 Å². The first-order valence-electron chi connectivity index (χ1n) is 12.8. The Labute approximate surface area is 203 Å². The molecule has 2 bridgehead atoms. The number of fused-ring (bicyclic) bond motifs is 1. The van der Waals surface area contributed by atoms with Crippen molar-refractivity contribution in [1.29, 1.82) is 0 Å². The number of ether oxygens (including phenoxy) is 1. The van der Waals surface area contributed by atoms with Crippen molar-refractivity contribution in [2.24, 2.45) is 23.7 Å². The summed E-state index contributed by atoms with van der Waals surface area (Å²) in [5, 5.41) is 20.5. The predicted octanol–water partition coefficient (Wildman–Crippen LogP) is 2.69. The van der Waals surface area contributed by atoms with Gasteiger partial charge in [-0.2, -0.15) is 0 Å². The maximum Gasteiger partial charge on any atom is 0.310 e. The van der Waals surface area contributed by atoms with Gasteiger partial charge in [0, 0.05) is 13.1 Å². The maximum absolute atomic E-state index is 14.2. The molecule has 8 heteroatoms. The second kappa shape index (κ2) is 9.97. The third kappa shape index (κ3) is 3.87. The number of aliphatic hydroxyl groups excluding tert-OH is 1. The van der Waals surface area contributed by atoms with E-state index in [1.54, 1.807) is 17.9 Å². The van der Waals surface area contributed by atoms with Crippen LogP contribution in [0.25, 0.3) is 0 Å². The summed E-state index contributed by atoms with van der Waals surface area (Å²) in [5.74, 6) is -3.87. The van der Waals surface area contributed by atoms with Crippen LogP contribution in [0.15, 0.2) is 12.7 Å². The third-order valence-corrected chi connectivity index (χ3v) is 8.79. The van der Waals surface area contributed by atoms with E-state index in [4.69, 9.17) is 4.74 Å². The fourth-order valence-electron chi connectivity index (χ4n) is 6.68. The van der Waals surface area contributed by atoms with Crippen molar-refractivity contribution in [2.75, 3.05) is 19.7 Å². The minimum absolute atomic E-state index is 0.0686. The number of carbonyl (C=O) groups is 3. The molecule has 2 amide bonds. The van der Waals surface area contributed by atoms with Crippen LogP contribution in [0.1, 0.15) is 66.7 Å². The van der Waals surface area contributed by atoms with E-state index in [0.717, 1.165) is 19.3 Å². The number of rotatable bonds is 12. The van der Waals surface area contributed by atoms with Crippen molar-refractivity contribution in [3.63, 3.8) is 0 Å². The number of amides is 2. The molecule has 0 aromatic rings. The third-order valence-electron chi connectivity index (χ3n) is 8.79. The van der Waals surface area contributed by atoms with E-state index in [-0.39, 0.29) is 30.3 Å². The Kier molecular flexibility index (Phi) is 7.82. The highest BCUT2D eigenvalue weighted by atomic mass is 16.5. The minimum Gasteiger partial charge on any atom is -0.481 e. The number of hydrogen-bond acceptors (Lipinski definition) is 5. The lowest BCUT2D eigenvalue weighted by Crippen LogP contribution is -2.60. The van der Waals surface area contributed by atoms with Gasteiger partial charge in [0.1, 0.15) is 17.6 Å². The molecule has 1 spiro atoms. The maximum atomic E-state index is 14.2. The second-order valence-electron chi connectivity index (χ2n) is 10.7. The fourth-order valence-corrected chi connectivity index (χ4v) is 6.68. The number of likely N-dealkylation sites (tertiary alicyclic amines) is 1. The molecule has 3 rings (SSSR count). The first kappa shape index (κ1) is 26.7. The van der Waals surface area contributed by atoms with E-state index in [1.165, 1.54) is 4.90 Å². The Balaban J connectivity index is 2.13. The Morgan fingerprint density at radius 3 is 2.56 bits per heavy atom. The fraction of sp³-hybridized carbons (Fsp3) is 0.808. The highest BCUT2D eigenvalue weighted by Gasteiger charge is 2.80. The topological polar surface area (TPSA) is 107 Å². The molecule has 0 radical (unpaired) electrons. The molecule has 8 nitrogen and oxygen atoms in total. The zero-order valence-corrected chi connectivity index (χ0v) is 21.3. The highest BCUT2D eigenvalue weighted by Crippen LogP contribution is 2.65. The first-order chi connectivity index (χ1) is 16.0. The average molecular weight is 479 g/mol. The Morgan fingerprint density at radius 1 is 1.35 bits per heavy atom. The van der Waals surface area contributed by atoms with Crippen LogP contribution in [-0.2, 0) is 19.1 Å². The van der Waals surface area contributed by atoms with Crippen LogP contribution in [0.2, 0.25) is 0 Å². The van der Waals surface area contributed by atoms with Crippen LogP contribution in [0.5, 0.6) is 0 Å². The van der Waals surface area contributed by atoms with E-state index in [0.29, 0.717) is 25.9 Å². The number of nitrogens with zero attached hydrogens (tertiary/aromatic N) is 2. The molecule has 192 valence electrons. The summed E-state index contributed by atoms with van der Waals surface area (Å²) in [7, 11) is 0. The van der Waals surface area contributed by atoms with Crippen molar-refractivity contribution in [1.82, 2.24) is 9.80 Å². The largest absolute Gasteiger partial charge is 0.481 e. The lowest BCUT2D eigenvalue weighted by molar-refractivity contribution is -0.161. The first-order valence-corrected chi connectivity index (χ1v) is 12.8. The van der Waals surface area contributed by atoms with Crippen LogP contribution in [0.4, 0.5) is 0 Å². The average Bonchev–Trinajstić information content (AvgIpc) is 3.30. The van der Waals surface area contributed by atoms with E-state index in [9.17, 15) is 24.6 Å². The molecule has 0 saturated carbocycles. The summed E-state index contributed by atoms with van der Waals surface area (Å²) in [4.78, 5) is 43.9. The van der Waals surface area contributed by atoms with E-state index in [1.807, 2.05) is 20.8 Å². The van der Waals surface area contributed by atoms with Gasteiger partial charge in [0.05, 0.1) is 24.2 Å². The summed E-state index contributed by atoms with van der Waals surface area (Å²) in [6.45, 7) is 14.1. The predicted molar refractivity (Wildman–Crippen MR) is 128 cm³/mol. The Bertz CT molecular complexity index is 817. The molecule has 3 fully saturated rings. The van der Waals surface area contributed by atoms with Crippen molar-refractivity contribution in [3.8, 4) is 0 Å². The van der Waals surface area contributed by atoms with Gasteiger partial charge in [-0.15, -0.1) is 6.58 Å². The summed E-state index contributed by atoms with van der Waals surface area (Å²) in [6.07, 6.45) is 5.63. The van der Waals surface area contributed by atoms with Gasteiger partial charge in [-0.05, 0) is 31.6 Å². The standard InChI is InChI=1S/C26H42N2O6/c1-7-10-11-13-27(12-8-2)23(31)21-26-14-17(5)25(6,34-26)20(24(32)33)19(26)22(30)28(21)18(15-29)16(4)9-3/h8,16-21,29H,2,7,9-15H2,1,3-6H3,(H,32,33)/t16-,17?,18-,19-,20+,21?,25-,26?/m0/s1. The molecule has 34 heavy (non-hydrogen) atoms. The summed E-state index contributed by atoms with van der Waals surface area (Å²) in [6, 6.07) is -1.56. The van der Waals surface area contributed by atoms with E-state index < -0.39 is 41.1 Å². The molecule has 0 aliphatic carbocycles. The summed E-state index contributed by atoms with van der Waals surface area (Å²) < 4.78 is 6.56. The monoisotopic (exact) mass is 478 g/mol. The number of hydrogen-bond donors (Lipinski definition) is 2. The molecule has 3 heterocycles. The molecule has 3 saturated heterocycles. The van der Waals surface area contributed by atoms with Gasteiger partial charge in [-0.1, -0.05) is 53.0 Å². The zero-order chi connectivity index (χ0) is 25.4. The molecule has 0 aromatic heterocycles. The van der Waals surface area contributed by atoms with E-state index >= 15 is 0 Å². The lowest BCUT2D eigenvalue weighted by atomic mass is 9.62. The van der Waals surface area contributed by atoms with Crippen LogP contribution in [-0.4, -0.2) is 80.8 Å². The Morgan fingerprint density at radius 2 is 2.03 bits per heavy atom. The SMILES string of the molecule is C=CCN(CCCCC)C(=O)C1N([C@@H](CO)[C@@H](C)CC)C(=O)[C@@H]2[C@H](C(=O)O)[C@@]3(C)OC12CC3C. The number of aliphatic carboxylic acids is 1. The van der Waals surface area contributed by atoms with Gasteiger partial charge >= 0.3 is 5.97 Å². The van der Waals surface area contributed by atoms with Gasteiger partial charge in [-0.3, -0.25) is 14.4 Å². The molecule has 2 N–H and O–H groups in total. The summed E-state index contributed by atoms with van der Waals surface area (Å²) >= 11 is 0. The van der Waals surface area contributed by atoms with Crippen molar-refractivity contribution < 1.29 is 29.3 Å². The molecule has 0 aromatic carbocycles. The smallest absolute Gasteiger partial charge is 0.310 e. The van der Waals surface area contributed by atoms with Crippen LogP contribution in [0.3, 0.4) is 0 Å². The van der Waals surface area contributed by atoms with Gasteiger partial charge in [0.25, 0.3) is 0 Å². The van der Waals surface area contributed by atoms with Gasteiger partial charge in [0.2, 0.25) is 11.8 Å². The molecule has 3 aliphatic rings. The molecule has 3 unspecified atom stereocenters.